The number of carbonyl (C=O) groups is 4. The third-order valence-corrected chi connectivity index (χ3v) is 13.0. The Bertz CT molecular complexity index is 1720. The number of likely N-dealkylation sites (tertiary alicyclic amines) is 1. The third-order valence-electron chi connectivity index (χ3n) is 11.5. The molecule has 4 fully saturated rings. The van der Waals surface area contributed by atoms with Crippen molar-refractivity contribution in [1.29, 1.82) is 0 Å². The molecule has 0 spiro atoms. The number of ether oxygens (including phenoxy) is 1. The lowest BCUT2D eigenvalue weighted by Gasteiger charge is -2.38. The summed E-state index contributed by atoms with van der Waals surface area (Å²) in [6, 6.07) is 13.8. The highest BCUT2D eigenvalue weighted by Gasteiger charge is 2.39. The number of amides is 4. The molecule has 53 heavy (non-hydrogen) atoms. The zero-order valence-corrected chi connectivity index (χ0v) is 32.1. The largest absolute Gasteiger partial charge is 0.444 e. The van der Waals surface area contributed by atoms with Gasteiger partial charge in [-0.15, -0.1) is 0 Å². The number of fused-ring (bicyclic) bond motifs is 1. The van der Waals surface area contributed by atoms with E-state index in [0.29, 0.717) is 43.5 Å². The van der Waals surface area contributed by atoms with Gasteiger partial charge in [0.15, 0.2) is 0 Å². The number of nitrogens with one attached hydrogen (secondary N) is 2. The molecule has 5 heterocycles. The summed E-state index contributed by atoms with van der Waals surface area (Å²) in [7, 11) is -1.25. The van der Waals surface area contributed by atoms with Gasteiger partial charge < -0.3 is 24.8 Å². The molecule has 2 N–H and O–H groups in total. The molecule has 5 aliphatic rings. The molecular weight excluding hydrogens is 693 g/mol. The fourth-order valence-corrected chi connectivity index (χ4v) is 9.87. The summed E-state index contributed by atoms with van der Waals surface area (Å²) >= 11 is 0. The number of rotatable bonds is 8. The molecule has 286 valence electrons. The van der Waals surface area contributed by atoms with Crippen LogP contribution in [0.3, 0.4) is 0 Å². The van der Waals surface area contributed by atoms with Crippen molar-refractivity contribution in [2.45, 2.75) is 107 Å². The Morgan fingerprint density at radius 1 is 0.906 bits per heavy atom. The van der Waals surface area contributed by atoms with Crippen LogP contribution in [0.5, 0.6) is 0 Å². The van der Waals surface area contributed by atoms with Crippen LogP contribution in [-0.4, -0.2) is 106 Å². The van der Waals surface area contributed by atoms with Crippen LogP contribution in [0.15, 0.2) is 47.4 Å². The second kappa shape index (κ2) is 15.9. The van der Waals surface area contributed by atoms with Crippen LogP contribution in [-0.2, 0) is 31.9 Å². The summed E-state index contributed by atoms with van der Waals surface area (Å²) in [6.45, 7) is 12.5. The van der Waals surface area contributed by atoms with Crippen molar-refractivity contribution in [3.63, 3.8) is 0 Å². The lowest BCUT2D eigenvalue weighted by molar-refractivity contribution is -0.136. The Labute approximate surface area is 315 Å². The maximum atomic E-state index is 13.6. The monoisotopic (exact) mass is 746 g/mol. The predicted molar refractivity (Wildman–Crippen MR) is 203 cm³/mol. The van der Waals surface area contributed by atoms with Gasteiger partial charge in [0.25, 0.3) is 5.91 Å². The summed E-state index contributed by atoms with van der Waals surface area (Å²) in [4.78, 5) is 56.9. The Balaban J connectivity index is 0.843. The summed E-state index contributed by atoms with van der Waals surface area (Å²) in [6.07, 6.45) is 6.16. The molecule has 2 aromatic rings. The van der Waals surface area contributed by atoms with Crippen LogP contribution in [0.2, 0.25) is 0 Å². The summed E-state index contributed by atoms with van der Waals surface area (Å²) in [5.41, 5.74) is 3.53. The second-order valence-electron chi connectivity index (χ2n) is 16.4. The van der Waals surface area contributed by atoms with Crippen LogP contribution in [0, 0.1) is 5.92 Å². The zero-order chi connectivity index (χ0) is 37.3. The first-order valence-electron chi connectivity index (χ1n) is 19.4. The number of imide groups is 1. The molecule has 0 bridgehead atoms. The van der Waals surface area contributed by atoms with Crippen molar-refractivity contribution in [2.24, 2.45) is 5.92 Å². The maximum Gasteiger partial charge on any atom is 0.407 e. The molecule has 2 unspecified atom stereocenters. The molecule has 0 saturated carbocycles. The number of nitrogens with zero attached hydrogens (tertiary/aromatic N) is 4. The molecule has 13 heteroatoms. The number of alkyl carbamates (subject to hydrolysis) is 1. The van der Waals surface area contributed by atoms with Crippen LogP contribution in [0.25, 0.3) is 0 Å². The number of piperidine rings is 4. The fourth-order valence-electron chi connectivity index (χ4n) is 8.61. The quantitative estimate of drug-likeness (QED) is 0.377. The van der Waals surface area contributed by atoms with Crippen molar-refractivity contribution in [3.8, 4) is 0 Å². The number of hydrogen-bond acceptors (Lipinski definition) is 8. The first-order valence-corrected chi connectivity index (χ1v) is 20.5. The van der Waals surface area contributed by atoms with E-state index >= 15 is 0 Å². The zero-order valence-electron chi connectivity index (χ0n) is 31.3. The topological polar surface area (TPSA) is 132 Å². The minimum atomic E-state index is -1.25. The lowest BCUT2D eigenvalue weighted by atomic mass is 9.87. The Kier molecular flexibility index (Phi) is 11.2. The lowest BCUT2D eigenvalue weighted by Crippen LogP contribution is -2.52. The molecular formula is C40H54N6O6S. The highest BCUT2D eigenvalue weighted by Crippen LogP contribution is 2.35. The normalized spacial score (nSPS) is 23.5. The average molecular weight is 747 g/mol. The van der Waals surface area contributed by atoms with E-state index in [1.165, 1.54) is 5.56 Å². The van der Waals surface area contributed by atoms with E-state index < -0.39 is 28.7 Å². The molecule has 0 radical (unpaired) electrons. The maximum absolute atomic E-state index is 13.6. The Hall–Kier alpha value is -3.81. The van der Waals surface area contributed by atoms with Crippen LogP contribution < -0.4 is 15.5 Å². The molecule has 4 amide bonds. The number of anilines is 1. The van der Waals surface area contributed by atoms with Crippen molar-refractivity contribution < 1.29 is 28.1 Å². The van der Waals surface area contributed by atoms with Crippen LogP contribution in [0.1, 0.15) is 99.5 Å². The van der Waals surface area contributed by atoms with Gasteiger partial charge in [-0.2, -0.15) is 0 Å². The van der Waals surface area contributed by atoms with Crippen molar-refractivity contribution in [3.05, 3.63) is 59.2 Å². The van der Waals surface area contributed by atoms with E-state index in [4.69, 9.17) is 4.74 Å². The Morgan fingerprint density at radius 3 is 2.34 bits per heavy atom. The van der Waals surface area contributed by atoms with Gasteiger partial charge in [-0.1, -0.05) is 18.2 Å². The highest BCUT2D eigenvalue weighted by atomic mass is 32.2. The van der Waals surface area contributed by atoms with Gasteiger partial charge in [-0.3, -0.25) is 19.7 Å². The second-order valence-corrected chi connectivity index (χ2v) is 17.9. The first-order chi connectivity index (χ1) is 25.4. The van der Waals surface area contributed by atoms with E-state index in [1.54, 1.807) is 4.90 Å². The minimum Gasteiger partial charge on any atom is -0.444 e. The van der Waals surface area contributed by atoms with E-state index in [0.717, 1.165) is 87.4 Å². The molecule has 2 atom stereocenters. The van der Waals surface area contributed by atoms with Crippen molar-refractivity contribution in [1.82, 2.24) is 24.7 Å². The van der Waals surface area contributed by atoms with Gasteiger partial charge in [0, 0.05) is 63.0 Å². The molecule has 12 nitrogen and oxygen atoms in total. The average Bonchev–Trinajstić information content (AvgIpc) is 3.46. The van der Waals surface area contributed by atoms with E-state index in [2.05, 4.69) is 44.7 Å². The first kappa shape index (κ1) is 37.5. The summed E-state index contributed by atoms with van der Waals surface area (Å²) in [5, 5.41) is 5.34. The molecule has 5 aliphatic heterocycles. The van der Waals surface area contributed by atoms with Crippen LogP contribution in [0.4, 0.5) is 10.5 Å². The smallest absolute Gasteiger partial charge is 0.407 e. The van der Waals surface area contributed by atoms with Gasteiger partial charge in [0.05, 0.1) is 4.90 Å². The SMILES string of the molecule is CC(C)(C)OC(=O)NC1CCN(S(=O)c2cccc(N3CCC(CN4CCC(c5ccc6c(c5)CN(C5CCC(=O)NC5=O)C6=O)CC4)CC3)c2)CC1. The van der Waals surface area contributed by atoms with Crippen molar-refractivity contribution in [2.75, 3.05) is 50.7 Å². The number of benzene rings is 2. The standard InChI is InChI=1S/C40H54N6O6S/c1-40(2,3)52-39(50)41-31-15-21-45(22-16-31)53(51)33-6-4-5-32(24-33)44-19-11-27(12-20-44)25-43-17-13-28(14-18-43)29-7-8-34-30(23-29)26-46(38(34)49)35-9-10-36(47)42-37(35)48/h4-8,23-24,27-28,31,35H,9-22,25-26H2,1-3H3,(H,41,50)(H,42,47,48). The molecule has 0 aliphatic carbocycles. The van der Waals surface area contributed by atoms with Gasteiger partial charge in [-0.05, 0) is 126 Å². The van der Waals surface area contributed by atoms with Gasteiger partial charge in [0.2, 0.25) is 11.8 Å². The predicted octanol–water partition coefficient (Wildman–Crippen LogP) is 4.56. The summed E-state index contributed by atoms with van der Waals surface area (Å²) < 4.78 is 21.0. The summed E-state index contributed by atoms with van der Waals surface area (Å²) in [5.74, 6) is 0.347. The van der Waals surface area contributed by atoms with E-state index in [-0.39, 0.29) is 30.2 Å². The highest BCUT2D eigenvalue weighted by molar-refractivity contribution is 7.82. The molecule has 2 aromatic carbocycles. The van der Waals surface area contributed by atoms with Gasteiger partial charge in [0.1, 0.15) is 22.6 Å². The third kappa shape index (κ3) is 8.95. The van der Waals surface area contributed by atoms with Crippen molar-refractivity contribution >= 4 is 40.5 Å². The molecule has 0 aromatic heterocycles. The molecule has 4 saturated heterocycles. The van der Waals surface area contributed by atoms with Gasteiger partial charge >= 0.3 is 6.09 Å². The Morgan fingerprint density at radius 2 is 1.64 bits per heavy atom. The van der Waals surface area contributed by atoms with E-state index in [1.807, 2.05) is 43.3 Å². The molecule has 7 rings (SSSR count). The van der Waals surface area contributed by atoms with Crippen LogP contribution >= 0.6 is 0 Å². The fraction of sp³-hybridized carbons (Fsp3) is 0.600. The van der Waals surface area contributed by atoms with Gasteiger partial charge in [-0.25, -0.2) is 13.3 Å². The number of hydrogen-bond donors (Lipinski definition) is 2. The minimum absolute atomic E-state index is 0.0245. The van der Waals surface area contributed by atoms with E-state index in [9.17, 15) is 23.4 Å². The number of carbonyl (C=O) groups excluding carboxylic acids is 4.